The van der Waals surface area contributed by atoms with Crippen molar-refractivity contribution >= 4 is 19.7 Å². The third kappa shape index (κ3) is 43.0. The van der Waals surface area contributed by atoms with Crippen LogP contribution in [0.4, 0.5) is 0 Å². The molecular weight excluding hydrogens is 784 g/mol. The molecule has 0 fully saturated rings. The molecule has 0 rings (SSSR count). The van der Waals surface area contributed by atoms with E-state index in [1.807, 2.05) is 39.4 Å². The van der Waals surface area contributed by atoms with E-state index in [0.29, 0.717) is 23.9 Å². The van der Waals surface area contributed by atoms with Crippen molar-refractivity contribution in [1.82, 2.24) is 5.32 Å². The van der Waals surface area contributed by atoms with E-state index in [1.165, 1.54) is 96.3 Å². The second kappa shape index (κ2) is 42.0. The standard InChI is InChI=1S/C51H95N2O7P/c1-7-10-13-16-19-22-25-26-29-32-35-38-41-44-51(55)60-49(42-39-36-33-30-27-23-20-17-14-11-8-2)48(47-59-61(56,57)58-46-45-53(4,5)6)52-50(54)43-40-37-34-31-28-24-21-18-15-12-9-3/h18,21,26,29,35,38-39,42,48-49H,7-17,19-20,22-25,27-28,30-34,36-37,40-41,43-47H2,1-6H3,(H-,52,54,56,57)/p+1/b21-18-,29-26-,38-35+,42-39+. The van der Waals surface area contributed by atoms with Crippen molar-refractivity contribution in [3.05, 3.63) is 48.6 Å². The van der Waals surface area contributed by atoms with Crippen molar-refractivity contribution in [1.29, 1.82) is 0 Å². The van der Waals surface area contributed by atoms with Crippen LogP contribution in [0.2, 0.25) is 0 Å². The van der Waals surface area contributed by atoms with Crippen molar-refractivity contribution in [2.24, 2.45) is 0 Å². The number of allylic oxidation sites excluding steroid dienone is 7. The van der Waals surface area contributed by atoms with Crippen molar-refractivity contribution < 1.29 is 37.3 Å². The van der Waals surface area contributed by atoms with Gasteiger partial charge in [0.1, 0.15) is 19.3 Å². The highest BCUT2D eigenvalue weighted by molar-refractivity contribution is 7.47. The van der Waals surface area contributed by atoms with E-state index >= 15 is 0 Å². The number of likely N-dealkylation sites (N-methyl/N-ethyl adjacent to an activating group) is 1. The summed E-state index contributed by atoms with van der Waals surface area (Å²) >= 11 is 0. The van der Waals surface area contributed by atoms with Crippen LogP contribution < -0.4 is 5.32 Å². The van der Waals surface area contributed by atoms with Gasteiger partial charge >= 0.3 is 13.8 Å². The Bertz CT molecular complexity index is 1200. The molecule has 61 heavy (non-hydrogen) atoms. The normalized spacial score (nSPS) is 14.4. The van der Waals surface area contributed by atoms with E-state index in [9.17, 15) is 19.0 Å². The van der Waals surface area contributed by atoms with E-state index < -0.39 is 25.9 Å². The number of amides is 1. The fourth-order valence-corrected chi connectivity index (χ4v) is 7.53. The molecule has 0 saturated heterocycles. The van der Waals surface area contributed by atoms with E-state index in [0.717, 1.165) is 77.0 Å². The lowest BCUT2D eigenvalue weighted by Crippen LogP contribution is -2.47. The van der Waals surface area contributed by atoms with E-state index in [4.69, 9.17) is 13.8 Å². The molecule has 9 nitrogen and oxygen atoms in total. The van der Waals surface area contributed by atoms with Crippen LogP contribution in [-0.4, -0.2) is 74.3 Å². The first-order chi connectivity index (χ1) is 29.4. The lowest BCUT2D eigenvalue weighted by molar-refractivity contribution is -0.870. The summed E-state index contributed by atoms with van der Waals surface area (Å²) < 4.78 is 30.3. The van der Waals surface area contributed by atoms with Gasteiger partial charge in [0.2, 0.25) is 5.91 Å². The van der Waals surface area contributed by atoms with Gasteiger partial charge in [-0.15, -0.1) is 0 Å². The van der Waals surface area contributed by atoms with Crippen LogP contribution in [-0.2, 0) is 27.9 Å². The van der Waals surface area contributed by atoms with Crippen LogP contribution in [0, 0.1) is 0 Å². The molecule has 0 saturated carbocycles. The molecule has 10 heteroatoms. The smallest absolute Gasteiger partial charge is 0.456 e. The number of phosphoric acid groups is 1. The Morgan fingerprint density at radius 2 is 1.03 bits per heavy atom. The maximum Gasteiger partial charge on any atom is 0.472 e. The third-order valence-corrected chi connectivity index (χ3v) is 11.7. The summed E-state index contributed by atoms with van der Waals surface area (Å²) in [5, 5.41) is 3.00. The molecule has 0 aliphatic carbocycles. The highest BCUT2D eigenvalue weighted by Gasteiger charge is 2.30. The molecule has 0 aromatic rings. The van der Waals surface area contributed by atoms with Crippen LogP contribution >= 0.6 is 7.82 Å². The lowest BCUT2D eigenvalue weighted by Gasteiger charge is -2.27. The fourth-order valence-electron chi connectivity index (χ4n) is 6.80. The second-order valence-corrected chi connectivity index (χ2v) is 19.4. The van der Waals surface area contributed by atoms with Crippen LogP contribution in [0.5, 0.6) is 0 Å². The van der Waals surface area contributed by atoms with E-state index in [2.05, 4.69) is 56.5 Å². The molecule has 0 radical (unpaired) electrons. The van der Waals surface area contributed by atoms with Crippen molar-refractivity contribution in [3.63, 3.8) is 0 Å². The number of esters is 1. The van der Waals surface area contributed by atoms with Crippen molar-refractivity contribution in [3.8, 4) is 0 Å². The highest BCUT2D eigenvalue weighted by Crippen LogP contribution is 2.43. The lowest BCUT2D eigenvalue weighted by atomic mass is 10.1. The number of quaternary nitrogens is 1. The number of nitrogens with one attached hydrogen (secondary N) is 1. The Hall–Kier alpha value is -2.03. The number of hydrogen-bond acceptors (Lipinski definition) is 6. The van der Waals surface area contributed by atoms with Crippen molar-refractivity contribution in [2.45, 2.75) is 226 Å². The molecule has 0 spiro atoms. The summed E-state index contributed by atoms with van der Waals surface area (Å²) in [5.41, 5.74) is 0. The van der Waals surface area contributed by atoms with Crippen molar-refractivity contribution in [2.75, 3.05) is 40.9 Å². The minimum absolute atomic E-state index is 0.0307. The minimum atomic E-state index is -4.44. The average molecular weight is 880 g/mol. The summed E-state index contributed by atoms with van der Waals surface area (Å²) in [6.07, 6.45) is 48.4. The van der Waals surface area contributed by atoms with Gasteiger partial charge in [-0.25, -0.2) is 4.57 Å². The van der Waals surface area contributed by atoms with Crippen LogP contribution in [0.15, 0.2) is 48.6 Å². The summed E-state index contributed by atoms with van der Waals surface area (Å²) in [5.74, 6) is -0.598. The topological polar surface area (TPSA) is 111 Å². The Morgan fingerprint density at radius 1 is 0.574 bits per heavy atom. The number of rotatable bonds is 44. The van der Waals surface area contributed by atoms with Gasteiger partial charge in [-0.2, -0.15) is 0 Å². The Balaban J connectivity index is 5.55. The highest BCUT2D eigenvalue weighted by atomic mass is 31.2. The fraction of sp³-hybridized carbons (Fsp3) is 0.804. The molecule has 0 aromatic heterocycles. The summed E-state index contributed by atoms with van der Waals surface area (Å²) in [6, 6.07) is -0.870. The molecule has 3 atom stereocenters. The zero-order chi connectivity index (χ0) is 45.1. The molecule has 0 bridgehead atoms. The molecule has 3 unspecified atom stereocenters. The summed E-state index contributed by atoms with van der Waals surface area (Å²) in [7, 11) is 1.46. The van der Waals surface area contributed by atoms with E-state index in [-0.39, 0.29) is 25.5 Å². The van der Waals surface area contributed by atoms with E-state index in [1.54, 1.807) is 0 Å². The van der Waals surface area contributed by atoms with Gasteiger partial charge in [0, 0.05) is 12.8 Å². The SMILES string of the molecule is CCCC/C=C\CCCCCCCC(=O)NC(COP(=O)(O)OCC[N+](C)(C)C)C(/C=C/CCCCCCCCCCC)OC(=O)CC/C=C/C/C=C\CCCCCCCC. The van der Waals surface area contributed by atoms with Gasteiger partial charge < -0.3 is 19.4 Å². The van der Waals surface area contributed by atoms with Gasteiger partial charge in [-0.1, -0.05) is 179 Å². The molecular formula is C51H96N2O7P+. The number of hydrogen-bond donors (Lipinski definition) is 2. The molecule has 0 aliphatic rings. The number of ether oxygens (including phenoxy) is 1. The maximum atomic E-state index is 13.4. The Morgan fingerprint density at radius 3 is 1.57 bits per heavy atom. The monoisotopic (exact) mass is 880 g/mol. The first-order valence-electron chi connectivity index (χ1n) is 25.0. The Kier molecular flexibility index (Phi) is 40.6. The molecule has 0 aliphatic heterocycles. The predicted molar refractivity (Wildman–Crippen MR) is 259 cm³/mol. The molecule has 356 valence electrons. The average Bonchev–Trinajstić information content (AvgIpc) is 3.21. The molecule has 1 amide bonds. The number of carbonyl (C=O) groups is 2. The number of phosphoric ester groups is 1. The van der Waals surface area contributed by atoms with Gasteiger partial charge in [-0.05, 0) is 70.3 Å². The van der Waals surface area contributed by atoms with Gasteiger partial charge in [0.25, 0.3) is 0 Å². The zero-order valence-electron chi connectivity index (χ0n) is 40.4. The first kappa shape index (κ1) is 59.0. The molecule has 0 heterocycles. The predicted octanol–water partition coefficient (Wildman–Crippen LogP) is 14.2. The summed E-state index contributed by atoms with van der Waals surface area (Å²) in [4.78, 5) is 37.2. The van der Waals surface area contributed by atoms with Crippen LogP contribution in [0.1, 0.15) is 213 Å². The molecule has 0 aromatic carbocycles. The first-order valence-corrected chi connectivity index (χ1v) is 26.5. The van der Waals surface area contributed by atoms with Crippen LogP contribution in [0.3, 0.4) is 0 Å². The number of unbranched alkanes of at least 4 members (excludes halogenated alkanes) is 22. The third-order valence-electron chi connectivity index (χ3n) is 10.8. The number of nitrogens with zero attached hydrogens (tertiary/aromatic N) is 1. The van der Waals surface area contributed by atoms with Gasteiger partial charge in [0.15, 0.2) is 0 Å². The van der Waals surface area contributed by atoms with Gasteiger partial charge in [-0.3, -0.25) is 18.6 Å². The largest absolute Gasteiger partial charge is 0.472 e. The Labute approximate surface area is 376 Å². The minimum Gasteiger partial charge on any atom is -0.456 e. The number of carbonyl (C=O) groups excluding carboxylic acids is 2. The van der Waals surface area contributed by atoms with Gasteiger partial charge in [0.05, 0.1) is 33.8 Å². The zero-order valence-corrected chi connectivity index (χ0v) is 41.3. The summed E-state index contributed by atoms with van der Waals surface area (Å²) in [6.45, 7) is 6.89. The second-order valence-electron chi connectivity index (χ2n) is 18.0. The van der Waals surface area contributed by atoms with Crippen LogP contribution in [0.25, 0.3) is 0 Å². The maximum absolute atomic E-state index is 13.4. The molecule has 2 N–H and O–H groups in total. The quantitative estimate of drug-likeness (QED) is 0.0206.